The summed E-state index contributed by atoms with van der Waals surface area (Å²) in [6, 6.07) is -0.599. The number of alkyl halides is 6. The van der Waals surface area contributed by atoms with E-state index in [4.69, 9.17) is 5.11 Å². The molecule has 2 nitrogen and oxygen atoms in total. The summed E-state index contributed by atoms with van der Waals surface area (Å²) < 4.78 is 147. The molecule has 0 amide bonds. The Bertz CT molecular complexity index is 907. The molecule has 2 rings (SSSR count). The molecule has 160 valence electrons. The molecular formula is C15H4F12O2. The Labute approximate surface area is 152 Å². The zero-order chi connectivity index (χ0) is 22.9. The lowest BCUT2D eigenvalue weighted by molar-refractivity contribution is -0.139. The Kier molecular flexibility index (Phi) is 6.82. The van der Waals surface area contributed by atoms with Gasteiger partial charge < -0.3 is 5.11 Å². The summed E-state index contributed by atoms with van der Waals surface area (Å²) in [6.07, 6.45) is -10.2. The van der Waals surface area contributed by atoms with E-state index in [0.29, 0.717) is 0 Å². The van der Waals surface area contributed by atoms with Gasteiger partial charge in [-0.2, -0.15) is 26.3 Å². The van der Waals surface area contributed by atoms with E-state index in [1.54, 1.807) is 0 Å². The van der Waals surface area contributed by atoms with Gasteiger partial charge in [0.2, 0.25) is 0 Å². The average molecular weight is 444 g/mol. The number of aromatic carboxylic acids is 1. The average Bonchev–Trinajstić information content (AvgIpc) is 2.55. The van der Waals surface area contributed by atoms with E-state index in [0.717, 1.165) is 0 Å². The highest BCUT2D eigenvalue weighted by Crippen LogP contribution is 2.35. The minimum Gasteiger partial charge on any atom is -0.478 e. The lowest BCUT2D eigenvalue weighted by atomic mass is 10.1. The second-order valence-corrected chi connectivity index (χ2v) is 4.96. The maximum Gasteiger partial charge on any atom is 0.417 e. The Morgan fingerprint density at radius 3 is 1.41 bits per heavy atom. The molecule has 0 aliphatic rings. The SMILES string of the molecule is Fc1cc(C(F)(F)F)cc(F)c1F.O=C(O)c1c(C(F)(F)F)cc(F)c(F)c1F. The van der Waals surface area contributed by atoms with Crippen LogP contribution in [-0.4, -0.2) is 11.1 Å². The molecule has 0 saturated heterocycles. The van der Waals surface area contributed by atoms with Crippen LogP contribution in [0.2, 0.25) is 0 Å². The van der Waals surface area contributed by atoms with E-state index in [2.05, 4.69) is 0 Å². The smallest absolute Gasteiger partial charge is 0.417 e. The third-order valence-electron chi connectivity index (χ3n) is 2.99. The molecule has 0 heterocycles. The predicted octanol–water partition coefficient (Wildman–Crippen LogP) is 5.94. The topological polar surface area (TPSA) is 37.3 Å². The fraction of sp³-hybridized carbons (Fsp3) is 0.133. The number of hydrogen-bond donors (Lipinski definition) is 1. The summed E-state index contributed by atoms with van der Waals surface area (Å²) in [7, 11) is 0. The van der Waals surface area contributed by atoms with Crippen LogP contribution in [0.3, 0.4) is 0 Å². The van der Waals surface area contributed by atoms with Gasteiger partial charge in [0.15, 0.2) is 34.9 Å². The summed E-state index contributed by atoms with van der Waals surface area (Å²) in [5.41, 5.74) is -5.56. The lowest BCUT2D eigenvalue weighted by Gasteiger charge is -2.11. The molecular weight excluding hydrogens is 440 g/mol. The molecule has 0 aliphatic carbocycles. The van der Waals surface area contributed by atoms with Crippen LogP contribution in [0, 0.1) is 34.9 Å². The molecule has 1 N–H and O–H groups in total. The van der Waals surface area contributed by atoms with E-state index in [-0.39, 0.29) is 12.1 Å². The van der Waals surface area contributed by atoms with Crippen LogP contribution in [0.5, 0.6) is 0 Å². The van der Waals surface area contributed by atoms with Crippen molar-refractivity contribution in [2.24, 2.45) is 0 Å². The van der Waals surface area contributed by atoms with Gasteiger partial charge in [-0.3, -0.25) is 0 Å². The molecule has 14 heteroatoms. The zero-order valence-corrected chi connectivity index (χ0v) is 13.1. The maximum atomic E-state index is 12.8. The van der Waals surface area contributed by atoms with Crippen LogP contribution < -0.4 is 0 Å². The molecule has 29 heavy (non-hydrogen) atoms. The number of halogens is 12. The molecule has 0 radical (unpaired) electrons. The van der Waals surface area contributed by atoms with Gasteiger partial charge in [0.1, 0.15) is 5.56 Å². The molecule has 0 atom stereocenters. The summed E-state index contributed by atoms with van der Waals surface area (Å²) in [6.45, 7) is 0. The van der Waals surface area contributed by atoms with Crippen molar-refractivity contribution in [2.75, 3.05) is 0 Å². The summed E-state index contributed by atoms with van der Waals surface area (Å²) >= 11 is 0. The van der Waals surface area contributed by atoms with Gasteiger partial charge >= 0.3 is 18.3 Å². The minimum absolute atomic E-state index is 0.0988. The van der Waals surface area contributed by atoms with Crippen molar-refractivity contribution in [3.8, 4) is 0 Å². The quantitative estimate of drug-likeness (QED) is 0.437. The van der Waals surface area contributed by atoms with Crippen LogP contribution in [0.1, 0.15) is 21.5 Å². The monoisotopic (exact) mass is 444 g/mol. The Morgan fingerprint density at radius 2 is 1.07 bits per heavy atom. The first-order chi connectivity index (χ1) is 13.0. The number of carboxylic acids is 1. The number of carbonyl (C=O) groups is 1. The van der Waals surface area contributed by atoms with Crippen LogP contribution >= 0.6 is 0 Å². The first-order valence-corrected chi connectivity index (χ1v) is 6.68. The highest BCUT2D eigenvalue weighted by atomic mass is 19.4. The maximum absolute atomic E-state index is 12.8. The number of hydrogen-bond acceptors (Lipinski definition) is 1. The van der Waals surface area contributed by atoms with Crippen molar-refractivity contribution >= 4 is 5.97 Å². The van der Waals surface area contributed by atoms with Gasteiger partial charge in [-0.15, -0.1) is 0 Å². The molecule has 0 spiro atoms. The molecule has 0 unspecified atom stereocenters. The highest BCUT2D eigenvalue weighted by Gasteiger charge is 2.39. The standard InChI is InChI=1S/C8H2F6O2.C7H2F6/c9-3-1-2(8(12,13)14)4(7(15)16)6(11)5(3)10;8-4-1-3(7(11,12)13)2-5(9)6(4)10/h1H,(H,15,16);1-2H. The third-order valence-corrected chi connectivity index (χ3v) is 2.99. The van der Waals surface area contributed by atoms with Gasteiger partial charge in [-0.25, -0.2) is 31.1 Å². The molecule has 0 aliphatic heterocycles. The minimum atomic E-state index is -5.29. The summed E-state index contributed by atoms with van der Waals surface area (Å²) in [5.74, 6) is -14.7. The van der Waals surface area contributed by atoms with Crippen molar-refractivity contribution in [1.82, 2.24) is 0 Å². The molecule has 2 aromatic rings. The largest absolute Gasteiger partial charge is 0.478 e. The van der Waals surface area contributed by atoms with Gasteiger partial charge in [-0.1, -0.05) is 0 Å². The molecule has 0 saturated carbocycles. The number of carboxylic acid groups (broad SMARTS) is 1. The van der Waals surface area contributed by atoms with E-state index in [9.17, 15) is 57.5 Å². The third kappa shape index (κ3) is 5.54. The van der Waals surface area contributed by atoms with Crippen molar-refractivity contribution in [3.05, 3.63) is 69.8 Å². The van der Waals surface area contributed by atoms with Crippen LogP contribution in [-0.2, 0) is 12.4 Å². The predicted molar refractivity (Wildman–Crippen MR) is 69.6 cm³/mol. The number of benzene rings is 2. The van der Waals surface area contributed by atoms with Gasteiger partial charge in [0.05, 0.1) is 11.1 Å². The number of rotatable bonds is 1. The van der Waals surface area contributed by atoms with Gasteiger partial charge in [0.25, 0.3) is 0 Å². The normalized spacial score (nSPS) is 11.7. The first kappa shape index (κ1) is 24.1. The van der Waals surface area contributed by atoms with Gasteiger partial charge in [-0.05, 0) is 18.2 Å². The van der Waals surface area contributed by atoms with Crippen molar-refractivity contribution < 1.29 is 62.6 Å². The van der Waals surface area contributed by atoms with Crippen molar-refractivity contribution in [1.29, 1.82) is 0 Å². The summed E-state index contributed by atoms with van der Waals surface area (Å²) in [4.78, 5) is 10.3. The van der Waals surface area contributed by atoms with Crippen LogP contribution in [0.25, 0.3) is 0 Å². The highest BCUT2D eigenvalue weighted by molar-refractivity contribution is 5.90. The second kappa shape index (κ2) is 8.21. The van der Waals surface area contributed by atoms with Gasteiger partial charge in [0, 0.05) is 0 Å². The molecule has 0 bridgehead atoms. The lowest BCUT2D eigenvalue weighted by Crippen LogP contribution is -2.17. The van der Waals surface area contributed by atoms with Crippen molar-refractivity contribution in [3.63, 3.8) is 0 Å². The molecule has 2 aromatic carbocycles. The fourth-order valence-corrected chi connectivity index (χ4v) is 1.75. The molecule has 0 fully saturated rings. The fourth-order valence-electron chi connectivity index (χ4n) is 1.75. The Morgan fingerprint density at radius 1 is 0.655 bits per heavy atom. The van der Waals surface area contributed by atoms with E-state index >= 15 is 0 Å². The van der Waals surface area contributed by atoms with Crippen molar-refractivity contribution in [2.45, 2.75) is 12.4 Å². The van der Waals surface area contributed by atoms with Crippen LogP contribution in [0.4, 0.5) is 52.7 Å². The first-order valence-electron chi connectivity index (χ1n) is 6.68. The Hall–Kier alpha value is -2.93. The summed E-state index contributed by atoms with van der Waals surface area (Å²) in [5, 5.41) is 8.30. The van der Waals surface area contributed by atoms with E-state index in [1.807, 2.05) is 0 Å². The second-order valence-electron chi connectivity index (χ2n) is 4.96. The zero-order valence-electron chi connectivity index (χ0n) is 13.1. The van der Waals surface area contributed by atoms with E-state index < -0.39 is 76.0 Å². The Balaban J connectivity index is 0.000000296. The van der Waals surface area contributed by atoms with E-state index in [1.165, 1.54) is 0 Å². The molecule has 0 aromatic heterocycles. The van der Waals surface area contributed by atoms with Crippen LogP contribution in [0.15, 0.2) is 18.2 Å².